The summed E-state index contributed by atoms with van der Waals surface area (Å²) in [5.74, 6) is 0. The van der Waals surface area contributed by atoms with Gasteiger partial charge in [0.2, 0.25) is 0 Å². The molecule has 0 bridgehead atoms. The van der Waals surface area contributed by atoms with Gasteiger partial charge in [0.15, 0.2) is 0 Å². The first-order valence-corrected chi connectivity index (χ1v) is 9.04. The van der Waals surface area contributed by atoms with Crippen LogP contribution in [0.25, 0.3) is 11.3 Å². The number of aromatic nitrogens is 1. The number of carbonyl (C=O) groups excluding carboxylic acids is 1. The molecule has 0 saturated heterocycles. The highest BCUT2D eigenvalue weighted by atomic mass is 35.5. The Labute approximate surface area is 160 Å². The van der Waals surface area contributed by atoms with Crippen LogP contribution < -0.4 is 5.32 Å². The summed E-state index contributed by atoms with van der Waals surface area (Å²) >= 11 is 6.00. The molecule has 6 heteroatoms. The Balaban J connectivity index is 1.90. The molecule has 26 heavy (non-hydrogen) atoms. The minimum Gasteiger partial charge on any atom is -0.444 e. The lowest BCUT2D eigenvalue weighted by atomic mass is 10.1. The van der Waals surface area contributed by atoms with E-state index in [-0.39, 0.29) is 6.09 Å². The SMILES string of the molecule is CN(CCCNc1ccccc1-c1cccc(Cl)n1)C(=O)OC(C)(C)C. The molecule has 0 spiro atoms. The van der Waals surface area contributed by atoms with Crippen LogP contribution in [0.4, 0.5) is 10.5 Å². The summed E-state index contributed by atoms with van der Waals surface area (Å²) in [5.41, 5.74) is 2.33. The van der Waals surface area contributed by atoms with E-state index >= 15 is 0 Å². The third-order valence-corrected chi connectivity index (χ3v) is 3.82. The highest BCUT2D eigenvalue weighted by Gasteiger charge is 2.19. The Morgan fingerprint density at radius 2 is 1.92 bits per heavy atom. The van der Waals surface area contributed by atoms with Crippen molar-refractivity contribution in [2.75, 3.05) is 25.5 Å². The van der Waals surface area contributed by atoms with E-state index < -0.39 is 5.60 Å². The lowest BCUT2D eigenvalue weighted by Crippen LogP contribution is -2.35. The topological polar surface area (TPSA) is 54.5 Å². The quantitative estimate of drug-likeness (QED) is 0.565. The lowest BCUT2D eigenvalue weighted by Gasteiger charge is -2.24. The van der Waals surface area contributed by atoms with E-state index in [1.54, 1.807) is 18.0 Å². The predicted octanol–water partition coefficient (Wildman–Crippen LogP) is 5.07. The van der Waals surface area contributed by atoms with E-state index in [0.717, 1.165) is 29.9 Å². The number of carbonyl (C=O) groups is 1. The van der Waals surface area contributed by atoms with Crippen molar-refractivity contribution in [3.8, 4) is 11.3 Å². The van der Waals surface area contributed by atoms with Gasteiger partial charge in [-0.05, 0) is 45.4 Å². The maximum Gasteiger partial charge on any atom is 0.410 e. The van der Waals surface area contributed by atoms with E-state index in [9.17, 15) is 4.79 Å². The Morgan fingerprint density at radius 1 is 1.19 bits per heavy atom. The van der Waals surface area contributed by atoms with Crippen molar-refractivity contribution >= 4 is 23.4 Å². The van der Waals surface area contributed by atoms with Crippen LogP contribution in [0.1, 0.15) is 27.2 Å². The van der Waals surface area contributed by atoms with Gasteiger partial charge in [-0.15, -0.1) is 0 Å². The molecule has 2 aromatic rings. The average molecular weight is 376 g/mol. The van der Waals surface area contributed by atoms with Crippen LogP contribution >= 0.6 is 11.6 Å². The molecular formula is C20H26ClN3O2. The number of nitrogens with zero attached hydrogens (tertiary/aromatic N) is 2. The Morgan fingerprint density at radius 3 is 2.62 bits per heavy atom. The zero-order chi connectivity index (χ0) is 19.2. The van der Waals surface area contributed by atoms with Crippen molar-refractivity contribution in [3.63, 3.8) is 0 Å². The molecule has 1 aromatic heterocycles. The van der Waals surface area contributed by atoms with Gasteiger partial charge in [-0.2, -0.15) is 0 Å². The molecule has 0 atom stereocenters. The molecule has 0 fully saturated rings. The maximum absolute atomic E-state index is 12.0. The van der Waals surface area contributed by atoms with Crippen LogP contribution in [0.3, 0.4) is 0 Å². The van der Waals surface area contributed by atoms with Crippen LogP contribution in [0.2, 0.25) is 5.15 Å². The number of pyridine rings is 1. The molecule has 0 aliphatic heterocycles. The molecule has 0 unspecified atom stereocenters. The fraction of sp³-hybridized carbons (Fsp3) is 0.400. The van der Waals surface area contributed by atoms with Crippen molar-refractivity contribution in [2.24, 2.45) is 0 Å². The van der Waals surface area contributed by atoms with Gasteiger partial charge in [0.25, 0.3) is 0 Å². The van der Waals surface area contributed by atoms with E-state index in [1.165, 1.54) is 0 Å². The number of hydrogen-bond donors (Lipinski definition) is 1. The molecule has 1 amide bonds. The number of nitrogens with one attached hydrogen (secondary N) is 1. The largest absolute Gasteiger partial charge is 0.444 e. The fourth-order valence-corrected chi connectivity index (χ4v) is 2.55. The number of rotatable bonds is 6. The summed E-state index contributed by atoms with van der Waals surface area (Å²) in [5, 5.41) is 3.88. The minimum atomic E-state index is -0.480. The molecule has 140 valence electrons. The summed E-state index contributed by atoms with van der Waals surface area (Å²) in [6.07, 6.45) is 0.494. The smallest absolute Gasteiger partial charge is 0.410 e. The summed E-state index contributed by atoms with van der Waals surface area (Å²) < 4.78 is 5.35. The third-order valence-electron chi connectivity index (χ3n) is 3.61. The molecule has 1 heterocycles. The molecule has 1 aromatic carbocycles. The van der Waals surface area contributed by atoms with Crippen molar-refractivity contribution in [3.05, 3.63) is 47.6 Å². The number of anilines is 1. The molecule has 0 aliphatic rings. The van der Waals surface area contributed by atoms with Crippen LogP contribution in [0.15, 0.2) is 42.5 Å². The van der Waals surface area contributed by atoms with Gasteiger partial charge >= 0.3 is 6.09 Å². The van der Waals surface area contributed by atoms with Crippen molar-refractivity contribution < 1.29 is 9.53 Å². The summed E-state index contributed by atoms with van der Waals surface area (Å²) in [6, 6.07) is 13.5. The van der Waals surface area contributed by atoms with E-state index in [0.29, 0.717) is 11.7 Å². The molecule has 0 radical (unpaired) electrons. The third kappa shape index (κ3) is 6.23. The van der Waals surface area contributed by atoms with Gasteiger partial charge in [0.05, 0.1) is 5.69 Å². The Bertz CT molecular complexity index is 744. The number of para-hydroxylation sites is 1. The zero-order valence-corrected chi connectivity index (χ0v) is 16.5. The lowest BCUT2D eigenvalue weighted by molar-refractivity contribution is 0.0298. The predicted molar refractivity (Wildman–Crippen MR) is 107 cm³/mol. The van der Waals surface area contributed by atoms with E-state index in [2.05, 4.69) is 10.3 Å². The molecule has 1 N–H and O–H groups in total. The number of amides is 1. The van der Waals surface area contributed by atoms with Crippen molar-refractivity contribution in [2.45, 2.75) is 32.8 Å². The second-order valence-corrected chi connectivity index (χ2v) is 7.46. The van der Waals surface area contributed by atoms with Crippen molar-refractivity contribution in [1.82, 2.24) is 9.88 Å². The van der Waals surface area contributed by atoms with Gasteiger partial charge < -0.3 is 15.0 Å². The summed E-state index contributed by atoms with van der Waals surface area (Å²) in [7, 11) is 1.75. The zero-order valence-electron chi connectivity index (χ0n) is 15.8. The molecule has 2 rings (SSSR count). The highest BCUT2D eigenvalue weighted by Crippen LogP contribution is 2.27. The first-order valence-electron chi connectivity index (χ1n) is 8.66. The molecule has 0 aliphatic carbocycles. The number of hydrogen-bond acceptors (Lipinski definition) is 4. The van der Waals surface area contributed by atoms with Gasteiger partial charge in [0.1, 0.15) is 10.8 Å². The van der Waals surface area contributed by atoms with Gasteiger partial charge in [-0.1, -0.05) is 35.9 Å². The monoisotopic (exact) mass is 375 g/mol. The van der Waals surface area contributed by atoms with Crippen LogP contribution in [-0.4, -0.2) is 41.7 Å². The second kappa shape index (κ2) is 8.90. The summed E-state index contributed by atoms with van der Waals surface area (Å²) in [4.78, 5) is 17.9. The van der Waals surface area contributed by atoms with Gasteiger partial charge in [0, 0.05) is 31.4 Å². The Kier molecular flexibility index (Phi) is 6.86. The standard InChI is InChI=1S/C20H26ClN3O2/c1-20(2,3)26-19(25)24(4)14-8-13-22-16-10-6-5-9-15(16)17-11-7-12-18(21)23-17/h5-7,9-12,22H,8,13-14H2,1-4H3. The minimum absolute atomic E-state index is 0.305. The van der Waals surface area contributed by atoms with Crippen LogP contribution in [0.5, 0.6) is 0 Å². The number of ether oxygens (including phenoxy) is 1. The first-order chi connectivity index (χ1) is 12.3. The highest BCUT2D eigenvalue weighted by molar-refractivity contribution is 6.29. The van der Waals surface area contributed by atoms with Gasteiger partial charge in [-0.3, -0.25) is 0 Å². The van der Waals surface area contributed by atoms with Crippen molar-refractivity contribution in [1.29, 1.82) is 0 Å². The van der Waals surface area contributed by atoms with Gasteiger partial charge in [-0.25, -0.2) is 9.78 Å². The summed E-state index contributed by atoms with van der Waals surface area (Å²) in [6.45, 7) is 6.92. The fourth-order valence-electron chi connectivity index (χ4n) is 2.39. The first kappa shape index (κ1) is 20.0. The van der Waals surface area contributed by atoms with E-state index in [1.807, 2.05) is 57.2 Å². The molecular weight excluding hydrogens is 350 g/mol. The van der Waals surface area contributed by atoms with Crippen LogP contribution in [-0.2, 0) is 4.74 Å². The Hall–Kier alpha value is -2.27. The molecule has 0 saturated carbocycles. The number of halogens is 1. The maximum atomic E-state index is 12.0. The van der Waals surface area contributed by atoms with Crippen LogP contribution in [0, 0.1) is 0 Å². The second-order valence-electron chi connectivity index (χ2n) is 7.07. The number of benzene rings is 1. The average Bonchev–Trinajstić information content (AvgIpc) is 2.57. The molecule has 5 nitrogen and oxygen atoms in total. The normalized spacial score (nSPS) is 11.1. The van der Waals surface area contributed by atoms with E-state index in [4.69, 9.17) is 16.3 Å².